The van der Waals surface area contributed by atoms with E-state index >= 15 is 0 Å². The first-order valence-corrected chi connectivity index (χ1v) is 6.17. The highest BCUT2D eigenvalue weighted by Crippen LogP contribution is 2.23. The molecule has 0 bridgehead atoms. The molecule has 5 heteroatoms. The van der Waals surface area contributed by atoms with Crippen LogP contribution in [-0.2, 0) is 6.42 Å². The van der Waals surface area contributed by atoms with Gasteiger partial charge in [0.05, 0.1) is 11.9 Å². The maximum atomic E-state index is 4.34. The van der Waals surface area contributed by atoms with Gasteiger partial charge in [0.2, 0.25) is 0 Å². The highest BCUT2D eigenvalue weighted by atomic mass is 15.2. The Kier molecular flexibility index (Phi) is 3.12. The van der Waals surface area contributed by atoms with Gasteiger partial charge in [-0.2, -0.15) is 0 Å². The van der Waals surface area contributed by atoms with Gasteiger partial charge in [-0.1, -0.05) is 0 Å². The first kappa shape index (κ1) is 11.1. The summed E-state index contributed by atoms with van der Waals surface area (Å²) in [5.41, 5.74) is 1.07. The molecule has 18 heavy (non-hydrogen) atoms. The number of nitrogens with zero attached hydrogens (tertiary/aromatic N) is 5. The van der Waals surface area contributed by atoms with Crippen molar-refractivity contribution < 1.29 is 0 Å². The van der Waals surface area contributed by atoms with Gasteiger partial charge in [-0.25, -0.2) is 4.98 Å². The summed E-state index contributed by atoms with van der Waals surface area (Å²) in [6, 6.07) is 0. The summed E-state index contributed by atoms with van der Waals surface area (Å²) in [6.07, 6.45) is 12.8. The molecule has 0 aromatic carbocycles. The van der Waals surface area contributed by atoms with Gasteiger partial charge in [-0.05, 0) is 18.8 Å². The third-order valence-corrected chi connectivity index (χ3v) is 3.27. The van der Waals surface area contributed by atoms with E-state index in [-0.39, 0.29) is 0 Å². The van der Waals surface area contributed by atoms with E-state index in [4.69, 9.17) is 0 Å². The smallest absolute Gasteiger partial charge is 0.147 e. The number of hydrogen-bond donors (Lipinski definition) is 0. The lowest BCUT2D eigenvalue weighted by molar-refractivity contribution is 0.576. The molecule has 1 atom stereocenters. The van der Waals surface area contributed by atoms with Crippen LogP contribution in [0, 0.1) is 5.92 Å². The van der Waals surface area contributed by atoms with Crippen molar-refractivity contribution in [3.05, 3.63) is 42.9 Å². The molecule has 1 aliphatic rings. The minimum Gasteiger partial charge on any atom is -0.355 e. The van der Waals surface area contributed by atoms with Crippen LogP contribution >= 0.6 is 0 Å². The lowest BCUT2D eigenvalue weighted by atomic mass is 10.0. The van der Waals surface area contributed by atoms with E-state index in [9.17, 15) is 0 Å². The highest BCUT2D eigenvalue weighted by molar-refractivity contribution is 5.36. The van der Waals surface area contributed by atoms with Gasteiger partial charge < -0.3 is 4.90 Å². The Bertz CT molecular complexity index is 487. The molecule has 3 heterocycles. The Balaban J connectivity index is 1.62. The predicted octanol–water partition coefficient (Wildman–Crippen LogP) is 1.34. The van der Waals surface area contributed by atoms with Crippen LogP contribution < -0.4 is 4.90 Å². The number of aromatic nitrogens is 4. The molecule has 2 aromatic heterocycles. The quantitative estimate of drug-likeness (QED) is 0.811. The molecule has 0 aliphatic carbocycles. The molecule has 1 aliphatic heterocycles. The fourth-order valence-corrected chi connectivity index (χ4v) is 2.39. The van der Waals surface area contributed by atoms with Crippen LogP contribution in [0.4, 0.5) is 5.82 Å². The SMILES string of the molecule is c1cnc(C[C@@H]2CCN(c3cnccn3)C2)cn1. The van der Waals surface area contributed by atoms with Crippen LogP contribution in [0.5, 0.6) is 0 Å². The van der Waals surface area contributed by atoms with E-state index in [0.29, 0.717) is 5.92 Å². The minimum absolute atomic E-state index is 0.628. The molecule has 3 rings (SSSR count). The third-order valence-electron chi connectivity index (χ3n) is 3.27. The molecular formula is C13H15N5. The van der Waals surface area contributed by atoms with E-state index in [1.165, 1.54) is 6.42 Å². The summed E-state index contributed by atoms with van der Waals surface area (Å²) >= 11 is 0. The van der Waals surface area contributed by atoms with Crippen LogP contribution in [0.3, 0.4) is 0 Å². The maximum Gasteiger partial charge on any atom is 0.147 e. The molecule has 0 amide bonds. The molecule has 2 aromatic rings. The monoisotopic (exact) mass is 241 g/mol. The summed E-state index contributed by atoms with van der Waals surface area (Å²) in [5.74, 6) is 1.60. The average molecular weight is 241 g/mol. The van der Waals surface area contributed by atoms with E-state index in [2.05, 4.69) is 24.8 Å². The van der Waals surface area contributed by atoms with Crippen molar-refractivity contribution in [2.24, 2.45) is 5.92 Å². The average Bonchev–Trinajstić information content (AvgIpc) is 2.89. The Morgan fingerprint density at radius 2 is 1.89 bits per heavy atom. The summed E-state index contributed by atoms with van der Waals surface area (Å²) < 4.78 is 0. The van der Waals surface area contributed by atoms with Gasteiger partial charge in [0.15, 0.2) is 0 Å². The van der Waals surface area contributed by atoms with Crippen molar-refractivity contribution >= 4 is 5.82 Å². The van der Waals surface area contributed by atoms with Crippen LogP contribution in [0.25, 0.3) is 0 Å². The Morgan fingerprint density at radius 1 is 1.06 bits per heavy atom. The molecule has 1 saturated heterocycles. The summed E-state index contributed by atoms with van der Waals surface area (Å²) in [4.78, 5) is 19.2. The molecule has 0 unspecified atom stereocenters. The van der Waals surface area contributed by atoms with Crippen molar-refractivity contribution in [3.63, 3.8) is 0 Å². The van der Waals surface area contributed by atoms with E-state index in [1.54, 1.807) is 24.8 Å². The number of hydrogen-bond acceptors (Lipinski definition) is 5. The van der Waals surface area contributed by atoms with Crippen LogP contribution in [0.2, 0.25) is 0 Å². The zero-order chi connectivity index (χ0) is 12.2. The molecule has 1 fully saturated rings. The molecule has 0 saturated carbocycles. The van der Waals surface area contributed by atoms with Crippen molar-refractivity contribution in [3.8, 4) is 0 Å². The summed E-state index contributed by atoms with van der Waals surface area (Å²) in [6.45, 7) is 2.07. The Hall–Kier alpha value is -2.04. The molecular weight excluding hydrogens is 226 g/mol. The fourth-order valence-electron chi connectivity index (χ4n) is 2.39. The number of anilines is 1. The maximum absolute atomic E-state index is 4.34. The van der Waals surface area contributed by atoms with Crippen molar-refractivity contribution in [2.45, 2.75) is 12.8 Å². The normalized spacial score (nSPS) is 19.1. The van der Waals surface area contributed by atoms with Gasteiger partial charge in [0.25, 0.3) is 0 Å². The predicted molar refractivity (Wildman–Crippen MR) is 68.1 cm³/mol. The molecule has 0 spiro atoms. The Labute approximate surface area is 106 Å². The minimum atomic E-state index is 0.628. The van der Waals surface area contributed by atoms with Crippen molar-refractivity contribution in [2.75, 3.05) is 18.0 Å². The molecule has 0 radical (unpaired) electrons. The summed E-state index contributed by atoms with van der Waals surface area (Å²) in [7, 11) is 0. The highest BCUT2D eigenvalue weighted by Gasteiger charge is 2.23. The van der Waals surface area contributed by atoms with Gasteiger partial charge in [-0.15, -0.1) is 0 Å². The number of rotatable bonds is 3. The van der Waals surface area contributed by atoms with Crippen LogP contribution in [0.15, 0.2) is 37.2 Å². The van der Waals surface area contributed by atoms with Gasteiger partial charge in [0, 0.05) is 44.1 Å². The van der Waals surface area contributed by atoms with Crippen molar-refractivity contribution in [1.82, 2.24) is 19.9 Å². The topological polar surface area (TPSA) is 54.8 Å². The van der Waals surface area contributed by atoms with E-state index < -0.39 is 0 Å². The second-order valence-corrected chi connectivity index (χ2v) is 4.57. The van der Waals surface area contributed by atoms with E-state index in [0.717, 1.165) is 31.0 Å². The fraction of sp³-hybridized carbons (Fsp3) is 0.385. The lowest BCUT2D eigenvalue weighted by Crippen LogP contribution is -2.21. The standard InChI is InChI=1S/C13H15N5/c1-6-18(13-9-15-3-5-17-13)10-11(1)7-12-8-14-2-4-16-12/h2-5,8-9,11H,1,6-7,10H2/t11-/m0/s1. The third kappa shape index (κ3) is 2.45. The first-order chi connectivity index (χ1) is 8.92. The lowest BCUT2D eigenvalue weighted by Gasteiger charge is -2.16. The second-order valence-electron chi connectivity index (χ2n) is 4.57. The molecule has 5 nitrogen and oxygen atoms in total. The molecule has 0 N–H and O–H groups in total. The van der Waals surface area contributed by atoms with Gasteiger partial charge in [0.1, 0.15) is 5.82 Å². The first-order valence-electron chi connectivity index (χ1n) is 6.17. The van der Waals surface area contributed by atoms with Gasteiger partial charge in [-0.3, -0.25) is 15.0 Å². The zero-order valence-electron chi connectivity index (χ0n) is 10.1. The Morgan fingerprint density at radius 3 is 2.61 bits per heavy atom. The van der Waals surface area contributed by atoms with Crippen molar-refractivity contribution in [1.29, 1.82) is 0 Å². The van der Waals surface area contributed by atoms with Crippen LogP contribution in [0.1, 0.15) is 12.1 Å². The largest absolute Gasteiger partial charge is 0.355 e. The second kappa shape index (κ2) is 5.08. The zero-order valence-corrected chi connectivity index (χ0v) is 10.1. The molecule has 92 valence electrons. The van der Waals surface area contributed by atoms with E-state index in [1.807, 2.05) is 12.4 Å². The van der Waals surface area contributed by atoms with Crippen LogP contribution in [-0.4, -0.2) is 33.0 Å². The van der Waals surface area contributed by atoms with Gasteiger partial charge >= 0.3 is 0 Å². The summed E-state index contributed by atoms with van der Waals surface area (Å²) in [5, 5.41) is 0.